The summed E-state index contributed by atoms with van der Waals surface area (Å²) in [5, 5.41) is 0. The zero-order valence-corrected chi connectivity index (χ0v) is 18.3. The van der Waals surface area contributed by atoms with E-state index >= 15 is 0 Å². The van der Waals surface area contributed by atoms with Gasteiger partial charge in [0.1, 0.15) is 0 Å². The molecule has 0 saturated heterocycles. The first-order valence-corrected chi connectivity index (χ1v) is 10.8. The molecular weight excluding hydrogens is 376 g/mol. The van der Waals surface area contributed by atoms with Gasteiger partial charge in [-0.15, -0.1) is 0 Å². The van der Waals surface area contributed by atoms with Crippen LogP contribution in [0.4, 0.5) is 5.69 Å². The minimum atomic E-state index is 0.842. The second kappa shape index (κ2) is 9.90. The highest BCUT2D eigenvalue weighted by Gasteiger charge is 2.12. The molecule has 3 aromatic carbocycles. The quantitative estimate of drug-likeness (QED) is 0.323. The second-order valence-electron chi connectivity index (χ2n) is 7.93. The van der Waals surface area contributed by atoms with Gasteiger partial charge in [0.05, 0.1) is 0 Å². The van der Waals surface area contributed by atoms with E-state index in [0.29, 0.717) is 0 Å². The zero-order valence-electron chi connectivity index (χ0n) is 18.3. The minimum Gasteiger partial charge on any atom is -0.341 e. The fourth-order valence-electron chi connectivity index (χ4n) is 3.82. The maximum Gasteiger partial charge on any atom is 0.173 e. The lowest BCUT2D eigenvalue weighted by Gasteiger charge is -2.27. The Balaban J connectivity index is 1.58. The van der Waals surface area contributed by atoms with Crippen molar-refractivity contribution in [3.8, 4) is 0 Å². The molecule has 1 heterocycles. The van der Waals surface area contributed by atoms with Gasteiger partial charge in [0.25, 0.3) is 0 Å². The second-order valence-corrected chi connectivity index (χ2v) is 7.93. The van der Waals surface area contributed by atoms with Crippen LogP contribution in [0, 0.1) is 6.92 Å². The first kappa shape index (κ1) is 20.6. The van der Waals surface area contributed by atoms with Crippen LogP contribution >= 0.6 is 0 Å². The summed E-state index contributed by atoms with van der Waals surface area (Å²) in [4.78, 5) is 2.40. The number of pyridine rings is 1. The van der Waals surface area contributed by atoms with E-state index in [1.165, 1.54) is 33.6 Å². The maximum atomic E-state index is 2.40. The molecule has 0 aliphatic heterocycles. The first-order chi connectivity index (χ1) is 15.2. The number of aromatic nitrogens is 1. The molecule has 0 amide bonds. The highest BCUT2D eigenvalue weighted by Crippen LogP contribution is 2.26. The number of rotatable bonds is 7. The van der Waals surface area contributed by atoms with Gasteiger partial charge in [-0.25, -0.2) is 4.57 Å². The molecule has 0 N–H and O–H groups in total. The SMILES string of the molecule is CC(=Cc1cc[n+](Cc2ccccc2)cc1)N(Cc1ccccc1)c1ccccc1C. The summed E-state index contributed by atoms with van der Waals surface area (Å²) in [6.45, 7) is 6.10. The highest BCUT2D eigenvalue weighted by molar-refractivity contribution is 5.63. The lowest BCUT2D eigenvalue weighted by atomic mass is 10.1. The molecule has 0 radical (unpaired) electrons. The van der Waals surface area contributed by atoms with Crippen LogP contribution in [0.15, 0.2) is 115 Å². The summed E-state index contributed by atoms with van der Waals surface area (Å²) in [6, 6.07) is 34.2. The Morgan fingerprint density at radius 2 is 1.32 bits per heavy atom. The van der Waals surface area contributed by atoms with Gasteiger partial charge in [-0.05, 0) is 42.7 Å². The Bertz CT molecular complexity index is 1130. The topological polar surface area (TPSA) is 7.12 Å². The third-order valence-electron chi connectivity index (χ3n) is 5.52. The number of benzene rings is 3. The molecule has 31 heavy (non-hydrogen) atoms. The molecule has 2 heteroatoms. The van der Waals surface area contributed by atoms with Crippen molar-refractivity contribution in [3.63, 3.8) is 0 Å². The van der Waals surface area contributed by atoms with Crippen molar-refractivity contribution in [2.45, 2.75) is 26.9 Å². The maximum absolute atomic E-state index is 2.40. The van der Waals surface area contributed by atoms with Crippen LogP contribution in [-0.2, 0) is 13.1 Å². The van der Waals surface area contributed by atoms with Crippen LogP contribution in [0.2, 0.25) is 0 Å². The molecule has 0 saturated carbocycles. The Hall–Kier alpha value is -3.65. The molecule has 2 nitrogen and oxygen atoms in total. The lowest BCUT2D eigenvalue weighted by Crippen LogP contribution is -2.33. The van der Waals surface area contributed by atoms with Crippen molar-refractivity contribution in [1.82, 2.24) is 0 Å². The van der Waals surface area contributed by atoms with Crippen molar-refractivity contribution < 1.29 is 4.57 Å². The number of para-hydroxylation sites is 1. The van der Waals surface area contributed by atoms with Gasteiger partial charge >= 0.3 is 0 Å². The molecule has 4 rings (SSSR count). The van der Waals surface area contributed by atoms with Crippen molar-refractivity contribution in [2.75, 3.05) is 4.90 Å². The van der Waals surface area contributed by atoms with Crippen LogP contribution < -0.4 is 9.47 Å². The van der Waals surface area contributed by atoms with Crippen LogP contribution in [0.1, 0.15) is 29.2 Å². The van der Waals surface area contributed by atoms with Crippen LogP contribution in [0.3, 0.4) is 0 Å². The summed E-state index contributed by atoms with van der Waals surface area (Å²) in [5.74, 6) is 0. The predicted octanol–water partition coefficient (Wildman–Crippen LogP) is 6.40. The normalized spacial score (nSPS) is 11.4. The Labute approximate surface area is 185 Å². The molecule has 0 atom stereocenters. The fraction of sp³-hybridized carbons (Fsp3) is 0.138. The van der Waals surface area contributed by atoms with Crippen molar-refractivity contribution >= 4 is 11.8 Å². The number of allylic oxidation sites excluding steroid dienone is 1. The van der Waals surface area contributed by atoms with Gasteiger partial charge in [0.2, 0.25) is 0 Å². The van der Waals surface area contributed by atoms with E-state index in [2.05, 4.69) is 139 Å². The fourth-order valence-corrected chi connectivity index (χ4v) is 3.82. The highest BCUT2D eigenvalue weighted by atomic mass is 15.1. The average molecular weight is 406 g/mol. The van der Waals surface area contributed by atoms with E-state index in [0.717, 1.165) is 13.1 Å². The van der Waals surface area contributed by atoms with E-state index < -0.39 is 0 Å². The van der Waals surface area contributed by atoms with Gasteiger partial charge in [0.15, 0.2) is 18.9 Å². The molecule has 154 valence electrons. The molecule has 0 unspecified atom stereocenters. The van der Waals surface area contributed by atoms with E-state index in [4.69, 9.17) is 0 Å². The summed E-state index contributed by atoms with van der Waals surface area (Å²) in [5.41, 5.74) is 7.55. The molecule has 4 aromatic rings. The summed E-state index contributed by atoms with van der Waals surface area (Å²) in [6.07, 6.45) is 6.57. The smallest absolute Gasteiger partial charge is 0.173 e. The van der Waals surface area contributed by atoms with E-state index in [1.807, 2.05) is 0 Å². The summed E-state index contributed by atoms with van der Waals surface area (Å²) in [7, 11) is 0. The standard InChI is InChI=1S/C29H29N2/c1-24-11-9-10-16-29(24)31(23-28-14-7-4-8-15-28)25(2)21-26-17-19-30(20-18-26)22-27-12-5-3-6-13-27/h3-21H,22-23H2,1-2H3/q+1. The van der Waals surface area contributed by atoms with Crippen molar-refractivity contribution in [1.29, 1.82) is 0 Å². The van der Waals surface area contributed by atoms with Crippen LogP contribution in [0.25, 0.3) is 6.08 Å². The monoisotopic (exact) mass is 405 g/mol. The molecular formula is C29H29N2+. The number of hydrogen-bond acceptors (Lipinski definition) is 1. The van der Waals surface area contributed by atoms with Gasteiger partial charge in [-0.2, -0.15) is 0 Å². The lowest BCUT2D eigenvalue weighted by molar-refractivity contribution is -0.688. The van der Waals surface area contributed by atoms with E-state index in [-0.39, 0.29) is 0 Å². The van der Waals surface area contributed by atoms with Gasteiger partial charge in [-0.1, -0.05) is 78.9 Å². The largest absolute Gasteiger partial charge is 0.341 e. The summed E-state index contributed by atoms with van der Waals surface area (Å²) >= 11 is 0. The van der Waals surface area contributed by atoms with Gasteiger partial charge in [-0.3, -0.25) is 0 Å². The summed E-state index contributed by atoms with van der Waals surface area (Å²) < 4.78 is 2.21. The Kier molecular flexibility index (Phi) is 6.59. The van der Waals surface area contributed by atoms with Crippen molar-refractivity contribution in [2.24, 2.45) is 0 Å². The minimum absolute atomic E-state index is 0.842. The Morgan fingerprint density at radius 1 is 0.742 bits per heavy atom. The molecule has 0 spiro atoms. The average Bonchev–Trinajstić information content (AvgIpc) is 2.81. The van der Waals surface area contributed by atoms with Gasteiger partial charge < -0.3 is 4.90 Å². The third kappa shape index (κ3) is 5.49. The molecule has 0 aliphatic carbocycles. The van der Waals surface area contributed by atoms with Crippen LogP contribution in [0.5, 0.6) is 0 Å². The van der Waals surface area contributed by atoms with Gasteiger partial charge in [0, 0.05) is 35.6 Å². The third-order valence-corrected chi connectivity index (χ3v) is 5.52. The van der Waals surface area contributed by atoms with E-state index in [1.54, 1.807) is 0 Å². The predicted molar refractivity (Wildman–Crippen MR) is 130 cm³/mol. The number of anilines is 1. The zero-order chi connectivity index (χ0) is 21.5. The Morgan fingerprint density at radius 3 is 1.97 bits per heavy atom. The van der Waals surface area contributed by atoms with E-state index in [9.17, 15) is 0 Å². The van der Waals surface area contributed by atoms with Crippen molar-refractivity contribution in [3.05, 3.63) is 137 Å². The number of hydrogen-bond donors (Lipinski definition) is 0. The molecule has 0 bridgehead atoms. The molecule has 0 fully saturated rings. The first-order valence-electron chi connectivity index (χ1n) is 10.8. The molecule has 1 aromatic heterocycles. The van der Waals surface area contributed by atoms with Crippen LogP contribution in [-0.4, -0.2) is 0 Å². The molecule has 0 aliphatic rings. The number of aryl methyl sites for hydroxylation is 1. The number of nitrogens with zero attached hydrogens (tertiary/aromatic N) is 2.